The number of carbonyl (C=O) groups is 1. The maximum atomic E-state index is 12.2. The summed E-state index contributed by atoms with van der Waals surface area (Å²) in [5, 5.41) is 11.8. The Morgan fingerprint density at radius 1 is 1.21 bits per heavy atom. The van der Waals surface area contributed by atoms with Gasteiger partial charge in [-0.1, -0.05) is 43.7 Å². The summed E-state index contributed by atoms with van der Waals surface area (Å²) < 4.78 is 10.8. The van der Waals surface area contributed by atoms with Crippen molar-refractivity contribution in [1.82, 2.24) is 15.5 Å². The Balaban J connectivity index is 1.37. The number of amides is 1. The van der Waals surface area contributed by atoms with E-state index in [4.69, 9.17) is 9.15 Å². The Bertz CT molecular complexity index is 748. The largest absolute Gasteiger partial charge is 0.497 e. The van der Waals surface area contributed by atoms with Crippen molar-refractivity contribution in [3.8, 4) is 5.75 Å². The monoisotopic (exact) mass is 403 g/mol. The first-order valence-electron chi connectivity index (χ1n) is 10.0. The van der Waals surface area contributed by atoms with Gasteiger partial charge in [-0.25, -0.2) is 0 Å². The van der Waals surface area contributed by atoms with Crippen LogP contribution in [0.2, 0.25) is 0 Å². The number of aromatic nitrogens is 2. The predicted octanol–water partition coefficient (Wildman–Crippen LogP) is 4.04. The standard InChI is InChI=1S/C21H29N3O3S/c1-15-6-3-4-8-18(15)22-19(25)14-28-21-24-23-20(27-21)9-5-7-16-10-12-17(26-2)13-11-16/h10-13,15,18H,3-9,14H2,1-2H3,(H,22,25)/t15-,18+/m1/s1. The average molecular weight is 404 g/mol. The van der Waals surface area contributed by atoms with Crippen LogP contribution in [0.25, 0.3) is 0 Å². The van der Waals surface area contributed by atoms with E-state index >= 15 is 0 Å². The van der Waals surface area contributed by atoms with Gasteiger partial charge in [0, 0.05) is 12.5 Å². The number of benzene rings is 1. The fraction of sp³-hybridized carbons (Fsp3) is 0.571. The summed E-state index contributed by atoms with van der Waals surface area (Å²) in [4.78, 5) is 12.2. The van der Waals surface area contributed by atoms with E-state index in [-0.39, 0.29) is 5.91 Å². The van der Waals surface area contributed by atoms with Crippen molar-refractivity contribution >= 4 is 17.7 Å². The van der Waals surface area contributed by atoms with Crippen molar-refractivity contribution in [2.75, 3.05) is 12.9 Å². The molecule has 1 aliphatic rings. The summed E-state index contributed by atoms with van der Waals surface area (Å²) in [6.07, 6.45) is 7.34. The molecule has 7 heteroatoms. The van der Waals surface area contributed by atoms with Crippen molar-refractivity contribution in [2.45, 2.75) is 63.1 Å². The molecule has 0 saturated heterocycles. The number of carbonyl (C=O) groups excluding carboxylic acids is 1. The molecular weight excluding hydrogens is 374 g/mol. The lowest BCUT2D eigenvalue weighted by Gasteiger charge is -2.29. The number of methoxy groups -OCH3 is 1. The zero-order valence-electron chi connectivity index (χ0n) is 16.6. The fourth-order valence-corrected chi connectivity index (χ4v) is 4.13. The van der Waals surface area contributed by atoms with Gasteiger partial charge in [0.2, 0.25) is 11.8 Å². The Labute approximate surface area is 170 Å². The van der Waals surface area contributed by atoms with Crippen LogP contribution in [-0.2, 0) is 17.6 Å². The molecule has 1 N–H and O–H groups in total. The zero-order chi connectivity index (χ0) is 19.8. The van der Waals surface area contributed by atoms with Gasteiger partial charge in [0.25, 0.3) is 5.22 Å². The van der Waals surface area contributed by atoms with Gasteiger partial charge in [-0.3, -0.25) is 4.79 Å². The molecule has 2 atom stereocenters. The Kier molecular flexibility index (Phi) is 7.77. The van der Waals surface area contributed by atoms with Gasteiger partial charge in [0.05, 0.1) is 12.9 Å². The number of thioether (sulfide) groups is 1. The van der Waals surface area contributed by atoms with E-state index in [1.54, 1.807) is 7.11 Å². The third kappa shape index (κ3) is 6.26. The SMILES string of the molecule is COc1ccc(CCCc2nnc(SCC(=O)N[C@H]3CCCC[C@H]3C)o2)cc1. The third-order valence-corrected chi connectivity index (χ3v) is 6.07. The van der Waals surface area contributed by atoms with Crippen LogP contribution in [0, 0.1) is 5.92 Å². The minimum Gasteiger partial charge on any atom is -0.497 e. The van der Waals surface area contributed by atoms with E-state index in [2.05, 4.69) is 34.6 Å². The van der Waals surface area contributed by atoms with E-state index in [1.807, 2.05) is 12.1 Å². The predicted molar refractivity (Wildman–Crippen MR) is 110 cm³/mol. The normalized spacial score (nSPS) is 19.4. The highest BCUT2D eigenvalue weighted by Gasteiger charge is 2.23. The van der Waals surface area contributed by atoms with E-state index in [0.717, 1.165) is 31.4 Å². The molecule has 1 amide bonds. The van der Waals surface area contributed by atoms with Crippen LogP contribution >= 0.6 is 11.8 Å². The molecule has 0 spiro atoms. The number of nitrogens with one attached hydrogen (secondary N) is 1. The number of ether oxygens (including phenoxy) is 1. The molecule has 0 bridgehead atoms. The topological polar surface area (TPSA) is 77.2 Å². The Morgan fingerprint density at radius 2 is 2.00 bits per heavy atom. The van der Waals surface area contributed by atoms with Crippen LogP contribution in [0.5, 0.6) is 5.75 Å². The van der Waals surface area contributed by atoms with Gasteiger partial charge in [0.15, 0.2) is 0 Å². The quantitative estimate of drug-likeness (QED) is 0.637. The Hall–Kier alpha value is -2.02. The van der Waals surface area contributed by atoms with Gasteiger partial charge in [0.1, 0.15) is 5.75 Å². The molecular formula is C21H29N3O3S. The third-order valence-electron chi connectivity index (χ3n) is 5.25. The molecule has 1 heterocycles. The molecule has 152 valence electrons. The first-order valence-corrected chi connectivity index (χ1v) is 11.0. The van der Waals surface area contributed by atoms with E-state index in [9.17, 15) is 4.79 Å². The molecule has 0 radical (unpaired) electrons. The van der Waals surface area contributed by atoms with Crippen LogP contribution in [0.4, 0.5) is 0 Å². The molecule has 6 nitrogen and oxygen atoms in total. The lowest BCUT2D eigenvalue weighted by molar-refractivity contribution is -0.119. The molecule has 1 saturated carbocycles. The first-order chi connectivity index (χ1) is 13.6. The number of aryl methyl sites for hydroxylation is 2. The maximum absolute atomic E-state index is 12.2. The fourth-order valence-electron chi connectivity index (χ4n) is 3.54. The molecule has 1 fully saturated rings. The van der Waals surface area contributed by atoms with E-state index in [0.29, 0.717) is 28.8 Å². The van der Waals surface area contributed by atoms with Gasteiger partial charge < -0.3 is 14.5 Å². The molecule has 0 unspecified atom stereocenters. The van der Waals surface area contributed by atoms with Gasteiger partial charge in [-0.05, 0) is 49.3 Å². The second kappa shape index (κ2) is 10.5. The minimum absolute atomic E-state index is 0.0444. The van der Waals surface area contributed by atoms with Crippen LogP contribution in [0.15, 0.2) is 33.9 Å². The highest BCUT2D eigenvalue weighted by molar-refractivity contribution is 7.99. The van der Waals surface area contributed by atoms with E-state index < -0.39 is 0 Å². The number of hydrogen-bond donors (Lipinski definition) is 1. The molecule has 3 rings (SSSR count). The molecule has 1 aromatic heterocycles. The van der Waals surface area contributed by atoms with Gasteiger partial charge in [-0.2, -0.15) is 0 Å². The highest BCUT2D eigenvalue weighted by atomic mass is 32.2. The van der Waals surface area contributed by atoms with Crippen LogP contribution < -0.4 is 10.1 Å². The first kappa shape index (κ1) is 20.7. The van der Waals surface area contributed by atoms with E-state index in [1.165, 1.54) is 36.6 Å². The second-order valence-corrected chi connectivity index (χ2v) is 8.31. The minimum atomic E-state index is 0.0444. The molecule has 2 aromatic rings. The Morgan fingerprint density at radius 3 is 2.75 bits per heavy atom. The van der Waals surface area contributed by atoms with Crippen LogP contribution in [0.3, 0.4) is 0 Å². The summed E-state index contributed by atoms with van der Waals surface area (Å²) in [5.41, 5.74) is 1.25. The molecule has 0 aliphatic heterocycles. The maximum Gasteiger partial charge on any atom is 0.277 e. The summed E-state index contributed by atoms with van der Waals surface area (Å²) >= 11 is 1.31. The van der Waals surface area contributed by atoms with Crippen molar-refractivity contribution in [2.24, 2.45) is 5.92 Å². The highest BCUT2D eigenvalue weighted by Crippen LogP contribution is 2.24. The van der Waals surface area contributed by atoms with Crippen molar-refractivity contribution in [3.05, 3.63) is 35.7 Å². The summed E-state index contributed by atoms with van der Waals surface area (Å²) in [6.45, 7) is 2.22. The van der Waals surface area contributed by atoms with Gasteiger partial charge in [-0.15, -0.1) is 10.2 Å². The number of nitrogens with zero attached hydrogens (tertiary/aromatic N) is 2. The molecule has 28 heavy (non-hydrogen) atoms. The van der Waals surface area contributed by atoms with Crippen LogP contribution in [0.1, 0.15) is 50.5 Å². The average Bonchev–Trinajstić information content (AvgIpc) is 3.16. The number of hydrogen-bond acceptors (Lipinski definition) is 6. The lowest BCUT2D eigenvalue weighted by atomic mass is 9.86. The molecule has 1 aliphatic carbocycles. The lowest BCUT2D eigenvalue weighted by Crippen LogP contribution is -2.41. The summed E-state index contributed by atoms with van der Waals surface area (Å²) in [6, 6.07) is 8.38. The number of rotatable bonds is 9. The van der Waals surface area contributed by atoms with Crippen molar-refractivity contribution in [1.29, 1.82) is 0 Å². The second-order valence-electron chi connectivity index (χ2n) is 7.39. The zero-order valence-corrected chi connectivity index (χ0v) is 17.5. The summed E-state index contributed by atoms with van der Waals surface area (Å²) in [7, 11) is 1.67. The van der Waals surface area contributed by atoms with Crippen molar-refractivity contribution < 1.29 is 13.9 Å². The summed E-state index contributed by atoms with van der Waals surface area (Å²) in [5.74, 6) is 2.41. The van der Waals surface area contributed by atoms with Crippen molar-refractivity contribution in [3.63, 3.8) is 0 Å². The van der Waals surface area contributed by atoms with Gasteiger partial charge >= 0.3 is 0 Å². The van der Waals surface area contributed by atoms with Crippen LogP contribution in [-0.4, -0.2) is 35.0 Å². The smallest absolute Gasteiger partial charge is 0.277 e. The molecule has 1 aromatic carbocycles.